The van der Waals surface area contributed by atoms with E-state index in [-0.39, 0.29) is 17.9 Å². The normalized spacial score (nSPS) is 37.6. The molecule has 9 heteroatoms. The SMILES string of the molecule is C=C1C(=O)OC2CC(C(=O)OC3OC(CO)C(O)C(O)C3O)=CCCC(C)=CCC12. The molecule has 0 aromatic carbocycles. The first-order valence-corrected chi connectivity index (χ1v) is 9.98. The third-order valence-corrected chi connectivity index (χ3v) is 5.82. The van der Waals surface area contributed by atoms with Crippen LogP contribution >= 0.6 is 0 Å². The number of carbonyl (C=O) groups is 2. The van der Waals surface area contributed by atoms with Crippen molar-refractivity contribution in [3.63, 3.8) is 0 Å². The molecule has 0 aromatic heterocycles. The van der Waals surface area contributed by atoms with Gasteiger partial charge in [0.05, 0.1) is 6.61 Å². The molecule has 7 atom stereocenters. The van der Waals surface area contributed by atoms with Gasteiger partial charge in [0.15, 0.2) is 0 Å². The molecule has 0 amide bonds. The Hall–Kier alpha value is -2.04. The minimum Gasteiger partial charge on any atom is -0.458 e. The summed E-state index contributed by atoms with van der Waals surface area (Å²) in [5, 5.41) is 39.1. The highest BCUT2D eigenvalue weighted by atomic mass is 16.7. The van der Waals surface area contributed by atoms with Crippen LogP contribution in [0.5, 0.6) is 0 Å². The van der Waals surface area contributed by atoms with Crippen molar-refractivity contribution < 1.29 is 44.2 Å². The van der Waals surface area contributed by atoms with E-state index in [9.17, 15) is 30.0 Å². The molecule has 7 unspecified atom stereocenters. The van der Waals surface area contributed by atoms with Gasteiger partial charge >= 0.3 is 11.9 Å². The second-order valence-corrected chi connectivity index (χ2v) is 7.94. The summed E-state index contributed by atoms with van der Waals surface area (Å²) in [6, 6.07) is 0. The predicted octanol–water partition coefficient (Wildman–Crippen LogP) is -0.126. The Morgan fingerprint density at radius 1 is 1.23 bits per heavy atom. The fourth-order valence-electron chi connectivity index (χ4n) is 3.87. The van der Waals surface area contributed by atoms with E-state index in [4.69, 9.17) is 14.2 Å². The Balaban J connectivity index is 1.77. The van der Waals surface area contributed by atoms with Crippen molar-refractivity contribution >= 4 is 11.9 Å². The third kappa shape index (κ3) is 4.65. The van der Waals surface area contributed by atoms with E-state index in [1.165, 1.54) is 0 Å². The standard InChI is InChI=1S/C21H28O9/c1-10-4-3-5-12(8-14-13(7-6-10)11(2)19(26)28-14)20(27)30-21-18(25)17(24)16(23)15(9-22)29-21/h5-6,13-18,21-25H,2-4,7-9H2,1H3. The fourth-order valence-corrected chi connectivity index (χ4v) is 3.87. The molecule has 2 saturated heterocycles. The molecule has 166 valence electrons. The Morgan fingerprint density at radius 3 is 2.67 bits per heavy atom. The summed E-state index contributed by atoms with van der Waals surface area (Å²) in [7, 11) is 0. The van der Waals surface area contributed by atoms with Gasteiger partial charge in [0.2, 0.25) is 6.29 Å². The smallest absolute Gasteiger partial charge is 0.336 e. The summed E-state index contributed by atoms with van der Waals surface area (Å²) in [4.78, 5) is 24.8. The Morgan fingerprint density at radius 2 is 1.97 bits per heavy atom. The highest BCUT2D eigenvalue weighted by Gasteiger charge is 2.46. The van der Waals surface area contributed by atoms with Gasteiger partial charge in [-0.1, -0.05) is 24.3 Å². The molecule has 2 heterocycles. The topological polar surface area (TPSA) is 143 Å². The molecule has 3 rings (SSSR count). The van der Waals surface area contributed by atoms with Crippen LogP contribution in [0.3, 0.4) is 0 Å². The predicted molar refractivity (Wildman–Crippen MR) is 103 cm³/mol. The summed E-state index contributed by atoms with van der Waals surface area (Å²) in [5.74, 6) is -1.54. The van der Waals surface area contributed by atoms with Crippen molar-refractivity contribution in [2.45, 2.75) is 69.4 Å². The molecule has 2 fully saturated rings. The molecule has 0 saturated carbocycles. The number of esters is 2. The highest BCUT2D eigenvalue weighted by Crippen LogP contribution is 2.35. The van der Waals surface area contributed by atoms with Gasteiger partial charge in [0, 0.05) is 23.5 Å². The van der Waals surface area contributed by atoms with Crippen molar-refractivity contribution in [1.29, 1.82) is 0 Å². The van der Waals surface area contributed by atoms with Crippen molar-refractivity contribution in [1.82, 2.24) is 0 Å². The number of hydrogen-bond donors (Lipinski definition) is 4. The number of aliphatic hydroxyl groups excluding tert-OH is 4. The van der Waals surface area contributed by atoms with E-state index >= 15 is 0 Å². The maximum Gasteiger partial charge on any atom is 0.336 e. The van der Waals surface area contributed by atoms with Crippen molar-refractivity contribution in [2.24, 2.45) is 5.92 Å². The van der Waals surface area contributed by atoms with Crippen molar-refractivity contribution in [2.75, 3.05) is 6.61 Å². The summed E-state index contributed by atoms with van der Waals surface area (Å²) in [6.45, 7) is 5.15. The van der Waals surface area contributed by atoms with E-state index in [1.54, 1.807) is 6.08 Å². The van der Waals surface area contributed by atoms with Crippen LogP contribution in [0.25, 0.3) is 0 Å². The van der Waals surface area contributed by atoms with E-state index in [0.717, 1.165) is 12.0 Å². The zero-order valence-corrected chi connectivity index (χ0v) is 16.8. The lowest BCUT2D eigenvalue weighted by Crippen LogP contribution is -2.59. The summed E-state index contributed by atoms with van der Waals surface area (Å²) in [5.41, 5.74) is 1.73. The van der Waals surface area contributed by atoms with Crippen LogP contribution in [0.1, 0.15) is 32.6 Å². The highest BCUT2D eigenvalue weighted by molar-refractivity contribution is 5.92. The van der Waals surface area contributed by atoms with Crippen LogP contribution in [-0.4, -0.2) is 75.8 Å². The zero-order valence-electron chi connectivity index (χ0n) is 16.8. The molecule has 30 heavy (non-hydrogen) atoms. The number of ether oxygens (including phenoxy) is 3. The van der Waals surface area contributed by atoms with Crippen molar-refractivity contribution in [3.8, 4) is 0 Å². The molecule has 2 aliphatic heterocycles. The average molecular weight is 424 g/mol. The van der Waals surface area contributed by atoms with Gasteiger partial charge in [-0.05, 0) is 26.2 Å². The van der Waals surface area contributed by atoms with E-state index in [2.05, 4.69) is 12.7 Å². The van der Waals surface area contributed by atoms with Gasteiger partial charge in [-0.15, -0.1) is 0 Å². The van der Waals surface area contributed by atoms with E-state index in [1.807, 2.05) is 6.92 Å². The lowest BCUT2D eigenvalue weighted by Gasteiger charge is -2.39. The number of carbonyl (C=O) groups excluding carboxylic acids is 2. The molecular weight excluding hydrogens is 396 g/mol. The monoisotopic (exact) mass is 424 g/mol. The maximum absolute atomic E-state index is 12.8. The molecule has 1 aliphatic carbocycles. The largest absolute Gasteiger partial charge is 0.458 e. The summed E-state index contributed by atoms with van der Waals surface area (Å²) in [6.07, 6.45) is -2.49. The van der Waals surface area contributed by atoms with Gasteiger partial charge in [-0.3, -0.25) is 0 Å². The fraction of sp³-hybridized carbons (Fsp3) is 0.619. The molecule has 0 radical (unpaired) electrons. The first-order valence-electron chi connectivity index (χ1n) is 9.98. The van der Waals surface area contributed by atoms with Crippen LogP contribution < -0.4 is 0 Å². The first kappa shape index (κ1) is 22.6. The number of rotatable bonds is 3. The Labute approximate surface area is 174 Å². The summed E-state index contributed by atoms with van der Waals surface area (Å²) >= 11 is 0. The van der Waals surface area contributed by atoms with Crippen LogP contribution in [0.2, 0.25) is 0 Å². The molecular formula is C21H28O9. The summed E-state index contributed by atoms with van der Waals surface area (Å²) < 4.78 is 15.9. The minimum absolute atomic E-state index is 0.110. The van der Waals surface area contributed by atoms with Crippen LogP contribution in [0.15, 0.2) is 35.5 Å². The van der Waals surface area contributed by atoms with E-state index < -0.39 is 55.4 Å². The van der Waals surface area contributed by atoms with Gasteiger partial charge in [-0.2, -0.15) is 0 Å². The second kappa shape index (κ2) is 9.40. The van der Waals surface area contributed by atoms with Crippen LogP contribution in [0, 0.1) is 5.92 Å². The maximum atomic E-state index is 12.8. The Bertz CT molecular complexity index is 754. The second-order valence-electron chi connectivity index (χ2n) is 7.94. The quantitative estimate of drug-likeness (QED) is 0.277. The van der Waals surface area contributed by atoms with E-state index in [0.29, 0.717) is 18.4 Å². The number of hydrogen-bond acceptors (Lipinski definition) is 9. The number of aliphatic hydroxyl groups is 4. The zero-order chi connectivity index (χ0) is 22.0. The van der Waals surface area contributed by atoms with Crippen LogP contribution in [-0.2, 0) is 23.8 Å². The third-order valence-electron chi connectivity index (χ3n) is 5.82. The molecule has 0 aromatic rings. The number of allylic oxidation sites excluding steroid dienone is 3. The van der Waals surface area contributed by atoms with Gasteiger partial charge in [0.1, 0.15) is 30.5 Å². The minimum atomic E-state index is -1.69. The van der Waals surface area contributed by atoms with Crippen molar-refractivity contribution in [3.05, 3.63) is 35.5 Å². The van der Waals surface area contributed by atoms with Gasteiger partial charge in [-0.25, -0.2) is 9.59 Å². The Kier molecular flexibility index (Phi) is 7.10. The average Bonchev–Trinajstić information content (AvgIpc) is 2.98. The van der Waals surface area contributed by atoms with Crippen LogP contribution in [0.4, 0.5) is 0 Å². The molecule has 4 N–H and O–H groups in total. The van der Waals surface area contributed by atoms with Gasteiger partial charge in [0.25, 0.3) is 0 Å². The number of fused-ring (bicyclic) bond motifs is 1. The lowest BCUT2D eigenvalue weighted by molar-refractivity contribution is -0.291. The molecule has 3 aliphatic rings. The molecule has 0 spiro atoms. The molecule has 9 nitrogen and oxygen atoms in total. The first-order chi connectivity index (χ1) is 14.2. The molecule has 0 bridgehead atoms. The lowest BCUT2D eigenvalue weighted by atomic mass is 9.87. The van der Waals surface area contributed by atoms with Gasteiger partial charge < -0.3 is 34.6 Å².